The number of carbonyl (C=O) groups excluding carboxylic acids is 3. The number of carbonyl (C=O) groups is 3. The number of hydrogen-bond acceptors (Lipinski definition) is 8. The standard InChI is InChI=1S/C28H39N5O6/c1-19-7-8-24(30-18-19)32-26(35)21-16-20-6-5-11-33(27(36)39-28(2,3)4)23(20)17-22(21)31-25(34)9-12-37-14-15-38-13-10-29/h7-8,16-18H,5-6,9-15,29H2,1-4H3,(H,31,34)(H,30,32,35). The maximum absolute atomic E-state index is 13.3. The Labute approximate surface area is 229 Å². The molecule has 3 rings (SSSR count). The van der Waals surface area contributed by atoms with Gasteiger partial charge >= 0.3 is 6.09 Å². The molecule has 1 aliphatic rings. The van der Waals surface area contributed by atoms with Gasteiger partial charge in [-0.1, -0.05) is 6.07 Å². The van der Waals surface area contributed by atoms with Crippen molar-refractivity contribution in [3.05, 3.63) is 47.2 Å². The highest BCUT2D eigenvalue weighted by molar-refractivity contribution is 6.11. The number of nitrogens with one attached hydrogen (secondary N) is 2. The van der Waals surface area contributed by atoms with E-state index in [1.807, 2.05) is 13.0 Å². The second-order valence-corrected chi connectivity index (χ2v) is 10.2. The fourth-order valence-corrected chi connectivity index (χ4v) is 3.94. The molecule has 0 aliphatic carbocycles. The molecule has 0 spiro atoms. The molecule has 0 saturated carbocycles. The highest BCUT2D eigenvalue weighted by Crippen LogP contribution is 2.34. The zero-order valence-corrected chi connectivity index (χ0v) is 23.2. The summed E-state index contributed by atoms with van der Waals surface area (Å²) in [6, 6.07) is 6.94. The zero-order chi connectivity index (χ0) is 28.4. The van der Waals surface area contributed by atoms with Crippen LogP contribution in [0, 0.1) is 6.92 Å². The Morgan fingerprint density at radius 2 is 1.79 bits per heavy atom. The topological polar surface area (TPSA) is 145 Å². The van der Waals surface area contributed by atoms with Crippen molar-refractivity contribution in [1.82, 2.24) is 4.98 Å². The van der Waals surface area contributed by atoms with E-state index in [1.54, 1.807) is 50.1 Å². The molecule has 0 saturated heterocycles. The van der Waals surface area contributed by atoms with Crippen LogP contribution in [0.3, 0.4) is 0 Å². The molecule has 0 bridgehead atoms. The fourth-order valence-electron chi connectivity index (χ4n) is 3.94. The number of nitrogens with zero attached hydrogens (tertiary/aromatic N) is 2. The lowest BCUT2D eigenvalue weighted by Gasteiger charge is -2.32. The molecule has 2 aromatic rings. The van der Waals surface area contributed by atoms with Gasteiger partial charge in [-0.25, -0.2) is 9.78 Å². The molecule has 0 fully saturated rings. The van der Waals surface area contributed by atoms with E-state index in [2.05, 4.69) is 15.6 Å². The fraction of sp³-hybridized carbons (Fsp3) is 0.500. The van der Waals surface area contributed by atoms with Gasteiger partial charge < -0.3 is 30.6 Å². The van der Waals surface area contributed by atoms with Gasteiger partial charge in [0, 0.05) is 19.3 Å². The molecule has 3 amide bonds. The highest BCUT2D eigenvalue weighted by atomic mass is 16.6. The third-order valence-corrected chi connectivity index (χ3v) is 5.73. The van der Waals surface area contributed by atoms with Crippen molar-refractivity contribution in [2.45, 2.75) is 52.6 Å². The summed E-state index contributed by atoms with van der Waals surface area (Å²) in [5.41, 5.74) is 7.64. The quantitative estimate of drug-likeness (QED) is 0.366. The number of rotatable bonds is 11. The van der Waals surface area contributed by atoms with Crippen molar-refractivity contribution in [3.63, 3.8) is 0 Å². The van der Waals surface area contributed by atoms with E-state index >= 15 is 0 Å². The monoisotopic (exact) mass is 541 g/mol. The minimum absolute atomic E-state index is 0.0737. The Hall–Kier alpha value is -3.54. The summed E-state index contributed by atoms with van der Waals surface area (Å²) < 4.78 is 16.3. The van der Waals surface area contributed by atoms with Crippen LogP contribution >= 0.6 is 0 Å². The average molecular weight is 542 g/mol. The summed E-state index contributed by atoms with van der Waals surface area (Å²) >= 11 is 0. The highest BCUT2D eigenvalue weighted by Gasteiger charge is 2.29. The van der Waals surface area contributed by atoms with Crippen LogP contribution in [0.4, 0.5) is 22.0 Å². The third kappa shape index (κ3) is 9.31. The number of hydrogen-bond donors (Lipinski definition) is 3. The van der Waals surface area contributed by atoms with Crippen molar-refractivity contribution in [3.8, 4) is 0 Å². The molecule has 11 heteroatoms. The molecule has 0 radical (unpaired) electrons. The number of aryl methyl sites for hydroxylation is 2. The first-order valence-corrected chi connectivity index (χ1v) is 13.1. The smallest absolute Gasteiger partial charge is 0.414 e. The third-order valence-electron chi connectivity index (χ3n) is 5.73. The number of ether oxygens (including phenoxy) is 3. The summed E-state index contributed by atoms with van der Waals surface area (Å²) in [6.45, 7) is 9.59. The maximum Gasteiger partial charge on any atom is 0.414 e. The number of anilines is 3. The largest absolute Gasteiger partial charge is 0.443 e. The molecule has 1 aliphatic heterocycles. The second kappa shape index (κ2) is 14.0. The molecule has 1 aromatic heterocycles. The van der Waals surface area contributed by atoms with Crippen LogP contribution in [-0.4, -0.2) is 68.0 Å². The predicted molar refractivity (Wildman–Crippen MR) is 149 cm³/mol. The Morgan fingerprint density at radius 1 is 1.05 bits per heavy atom. The second-order valence-electron chi connectivity index (χ2n) is 10.2. The van der Waals surface area contributed by atoms with E-state index in [0.717, 1.165) is 11.1 Å². The van der Waals surface area contributed by atoms with Gasteiger partial charge in [0.25, 0.3) is 5.91 Å². The molecule has 0 unspecified atom stereocenters. The van der Waals surface area contributed by atoms with Crippen LogP contribution in [0.1, 0.15) is 55.1 Å². The Kier molecular flexibility index (Phi) is 10.8. The van der Waals surface area contributed by atoms with Crippen LogP contribution in [0.5, 0.6) is 0 Å². The van der Waals surface area contributed by atoms with E-state index in [4.69, 9.17) is 19.9 Å². The number of benzene rings is 1. The predicted octanol–water partition coefficient (Wildman–Crippen LogP) is 3.65. The molecule has 4 N–H and O–H groups in total. The van der Waals surface area contributed by atoms with E-state index in [9.17, 15) is 14.4 Å². The molecule has 0 atom stereocenters. The van der Waals surface area contributed by atoms with Gasteiger partial charge in [0.1, 0.15) is 11.4 Å². The van der Waals surface area contributed by atoms with Gasteiger partial charge in [0.05, 0.1) is 49.8 Å². The van der Waals surface area contributed by atoms with Gasteiger partial charge in [-0.15, -0.1) is 0 Å². The van der Waals surface area contributed by atoms with Gasteiger partial charge in [-0.3, -0.25) is 14.5 Å². The van der Waals surface area contributed by atoms with Gasteiger partial charge in [-0.05, 0) is 69.9 Å². The van der Waals surface area contributed by atoms with Gasteiger partial charge in [0.15, 0.2) is 0 Å². The van der Waals surface area contributed by atoms with E-state index in [-0.39, 0.29) is 30.2 Å². The molecule has 2 heterocycles. The van der Waals surface area contributed by atoms with Crippen LogP contribution in [-0.2, 0) is 25.4 Å². The summed E-state index contributed by atoms with van der Waals surface area (Å²) in [4.78, 5) is 44.9. The molecular weight excluding hydrogens is 502 g/mol. The van der Waals surface area contributed by atoms with Gasteiger partial charge in [0.2, 0.25) is 5.91 Å². The van der Waals surface area contributed by atoms with E-state index in [1.165, 1.54) is 0 Å². The van der Waals surface area contributed by atoms with E-state index < -0.39 is 17.6 Å². The lowest BCUT2D eigenvalue weighted by molar-refractivity contribution is -0.117. The number of aromatic nitrogens is 1. The molecular formula is C28H39N5O6. The Balaban J connectivity index is 1.82. The van der Waals surface area contributed by atoms with Crippen LogP contribution in [0.2, 0.25) is 0 Å². The van der Waals surface area contributed by atoms with Gasteiger partial charge in [-0.2, -0.15) is 0 Å². The minimum Gasteiger partial charge on any atom is -0.443 e. The van der Waals surface area contributed by atoms with Crippen LogP contribution in [0.15, 0.2) is 30.5 Å². The summed E-state index contributed by atoms with van der Waals surface area (Å²) in [5.74, 6) is -0.367. The summed E-state index contributed by atoms with van der Waals surface area (Å²) in [5, 5.41) is 5.62. The maximum atomic E-state index is 13.3. The lowest BCUT2D eigenvalue weighted by atomic mass is 9.97. The lowest BCUT2D eigenvalue weighted by Crippen LogP contribution is -2.40. The first-order chi connectivity index (χ1) is 18.6. The first-order valence-electron chi connectivity index (χ1n) is 13.1. The Bertz CT molecular complexity index is 1150. The van der Waals surface area contributed by atoms with Crippen LogP contribution < -0.4 is 21.3 Å². The first kappa shape index (κ1) is 30.0. The molecule has 11 nitrogen and oxygen atoms in total. The Morgan fingerprint density at radius 3 is 2.46 bits per heavy atom. The zero-order valence-electron chi connectivity index (χ0n) is 23.2. The van der Waals surface area contributed by atoms with Crippen molar-refractivity contribution in [2.75, 3.05) is 55.1 Å². The van der Waals surface area contributed by atoms with Crippen molar-refractivity contribution >= 4 is 35.1 Å². The normalized spacial score (nSPS) is 13.0. The van der Waals surface area contributed by atoms with E-state index in [0.29, 0.717) is 57.3 Å². The van der Waals surface area contributed by atoms with Crippen molar-refractivity contribution < 1.29 is 28.6 Å². The SMILES string of the molecule is Cc1ccc(NC(=O)c2cc3c(cc2NC(=O)CCOCCOCCN)N(C(=O)OC(C)(C)C)CCC3)nc1. The van der Waals surface area contributed by atoms with Crippen LogP contribution in [0.25, 0.3) is 0 Å². The number of nitrogens with two attached hydrogens (primary N) is 1. The number of pyridine rings is 1. The summed E-state index contributed by atoms with van der Waals surface area (Å²) in [6.07, 6.45) is 2.64. The number of fused-ring (bicyclic) bond motifs is 1. The van der Waals surface area contributed by atoms with Crippen molar-refractivity contribution in [1.29, 1.82) is 0 Å². The van der Waals surface area contributed by atoms with Crippen molar-refractivity contribution in [2.24, 2.45) is 5.73 Å². The summed E-state index contributed by atoms with van der Waals surface area (Å²) in [7, 11) is 0. The molecule has 1 aromatic carbocycles. The average Bonchev–Trinajstić information content (AvgIpc) is 2.87. The molecule has 39 heavy (non-hydrogen) atoms. The molecule has 212 valence electrons. The number of amides is 3. The minimum atomic E-state index is -0.665.